The van der Waals surface area contributed by atoms with Crippen LogP contribution in [-0.2, 0) is 4.74 Å². The fraction of sp³-hybridized carbons (Fsp3) is 0.667. The van der Waals surface area contributed by atoms with Crippen molar-refractivity contribution in [1.29, 1.82) is 0 Å². The van der Waals surface area contributed by atoms with Gasteiger partial charge in [0.05, 0.1) is 12.9 Å². The van der Waals surface area contributed by atoms with Crippen molar-refractivity contribution >= 4 is 0 Å². The molecule has 0 saturated heterocycles. The van der Waals surface area contributed by atoms with Crippen LogP contribution in [0.1, 0.15) is 0 Å². The third-order valence-electron chi connectivity index (χ3n) is 1.44. The first kappa shape index (κ1) is 7.53. The first-order chi connectivity index (χ1) is 4.75. The number of hydrogen-bond donors (Lipinski definition) is 3. The van der Waals surface area contributed by atoms with Gasteiger partial charge in [0, 0.05) is 0 Å². The maximum atomic E-state index is 9.05. The molecule has 58 valence electrons. The Morgan fingerprint density at radius 2 is 2.10 bits per heavy atom. The van der Waals surface area contributed by atoms with Gasteiger partial charge in [-0.3, -0.25) is 0 Å². The zero-order valence-electron chi connectivity index (χ0n) is 5.34. The predicted octanol–water partition coefficient (Wildman–Crippen LogP) is -1.39. The highest BCUT2D eigenvalue weighted by molar-refractivity contribution is 4.96. The van der Waals surface area contributed by atoms with Crippen molar-refractivity contribution in [1.82, 2.24) is 0 Å². The molecular formula is C6H10O4. The summed E-state index contributed by atoms with van der Waals surface area (Å²) < 4.78 is 4.77. The van der Waals surface area contributed by atoms with E-state index in [2.05, 4.69) is 0 Å². The second kappa shape index (κ2) is 3.01. The lowest BCUT2D eigenvalue weighted by atomic mass is 10.1. The number of aliphatic hydroxyl groups excluding tert-OH is 3. The molecule has 4 heteroatoms. The molecule has 10 heavy (non-hydrogen) atoms. The fourth-order valence-electron chi connectivity index (χ4n) is 0.792. The summed E-state index contributed by atoms with van der Waals surface area (Å²) >= 11 is 0. The highest BCUT2D eigenvalue weighted by atomic mass is 16.5. The highest BCUT2D eigenvalue weighted by Crippen LogP contribution is 2.10. The van der Waals surface area contributed by atoms with Crippen LogP contribution in [0.2, 0.25) is 0 Å². The van der Waals surface area contributed by atoms with E-state index >= 15 is 0 Å². The molecule has 1 aliphatic rings. The van der Waals surface area contributed by atoms with Crippen LogP contribution in [0.5, 0.6) is 0 Å². The van der Waals surface area contributed by atoms with Crippen molar-refractivity contribution in [2.75, 3.05) is 6.61 Å². The van der Waals surface area contributed by atoms with Crippen LogP contribution in [0.3, 0.4) is 0 Å². The van der Waals surface area contributed by atoms with E-state index in [4.69, 9.17) is 20.1 Å². The number of ether oxygens (including phenoxy) is 1. The summed E-state index contributed by atoms with van der Waals surface area (Å²) in [5.41, 5.74) is 0. The Hall–Kier alpha value is -0.580. The Morgan fingerprint density at radius 3 is 2.60 bits per heavy atom. The topological polar surface area (TPSA) is 69.9 Å². The van der Waals surface area contributed by atoms with Gasteiger partial charge < -0.3 is 20.1 Å². The Balaban J connectivity index is 2.56. The molecule has 1 rings (SSSR count). The van der Waals surface area contributed by atoms with E-state index in [1.54, 1.807) is 0 Å². The van der Waals surface area contributed by atoms with Crippen LogP contribution in [0, 0.1) is 0 Å². The molecule has 0 saturated carbocycles. The molecule has 0 amide bonds. The molecule has 0 fully saturated rings. The first-order valence-corrected chi connectivity index (χ1v) is 3.05. The number of hydrogen-bond acceptors (Lipinski definition) is 4. The molecule has 0 aromatic rings. The van der Waals surface area contributed by atoms with Crippen LogP contribution < -0.4 is 0 Å². The van der Waals surface area contributed by atoms with Crippen molar-refractivity contribution in [3.63, 3.8) is 0 Å². The van der Waals surface area contributed by atoms with Gasteiger partial charge in [0.1, 0.15) is 18.3 Å². The Kier molecular flexibility index (Phi) is 2.26. The average molecular weight is 146 g/mol. The SMILES string of the molecule is OC[C@H]1OC=CC(O)[C@@H]1O. The molecule has 3 atom stereocenters. The summed E-state index contributed by atoms with van der Waals surface area (Å²) in [5.74, 6) is 0. The van der Waals surface area contributed by atoms with Crippen molar-refractivity contribution in [3.05, 3.63) is 12.3 Å². The van der Waals surface area contributed by atoms with Crippen molar-refractivity contribution in [3.8, 4) is 0 Å². The minimum atomic E-state index is -1.02. The standard InChI is InChI=1S/C6H10O4/c7-3-5-6(9)4(8)1-2-10-5/h1-2,4-9H,3H2/t4?,5-,6+/m1/s1. The molecule has 0 spiro atoms. The van der Waals surface area contributed by atoms with Crippen molar-refractivity contribution in [2.24, 2.45) is 0 Å². The van der Waals surface area contributed by atoms with E-state index in [9.17, 15) is 0 Å². The summed E-state index contributed by atoms with van der Waals surface area (Å²) in [5, 5.41) is 26.6. The van der Waals surface area contributed by atoms with Crippen LogP contribution in [-0.4, -0.2) is 40.2 Å². The molecule has 3 N–H and O–H groups in total. The van der Waals surface area contributed by atoms with Gasteiger partial charge in [0.2, 0.25) is 0 Å². The fourth-order valence-corrected chi connectivity index (χ4v) is 0.792. The summed E-state index contributed by atoms with van der Waals surface area (Å²) in [6, 6.07) is 0. The van der Waals surface area contributed by atoms with E-state index in [-0.39, 0.29) is 6.61 Å². The van der Waals surface area contributed by atoms with E-state index in [1.165, 1.54) is 12.3 Å². The Bertz CT molecular complexity index is 134. The maximum absolute atomic E-state index is 9.05. The Labute approximate surface area is 58.4 Å². The number of aliphatic hydroxyl groups is 3. The summed E-state index contributed by atoms with van der Waals surface area (Å²) in [7, 11) is 0. The normalized spacial score (nSPS) is 39.3. The second-order valence-corrected chi connectivity index (χ2v) is 2.17. The molecule has 0 aliphatic carbocycles. The summed E-state index contributed by atoms with van der Waals surface area (Å²) in [4.78, 5) is 0. The monoisotopic (exact) mass is 146 g/mol. The van der Waals surface area contributed by atoms with E-state index in [1.807, 2.05) is 0 Å². The van der Waals surface area contributed by atoms with Crippen molar-refractivity contribution in [2.45, 2.75) is 18.3 Å². The van der Waals surface area contributed by atoms with Gasteiger partial charge in [-0.15, -0.1) is 0 Å². The molecule has 0 bridgehead atoms. The molecule has 4 nitrogen and oxygen atoms in total. The van der Waals surface area contributed by atoms with E-state index in [0.29, 0.717) is 0 Å². The minimum Gasteiger partial charge on any atom is -0.493 e. The summed E-state index contributed by atoms with van der Waals surface area (Å²) in [6.45, 7) is -0.289. The lowest BCUT2D eigenvalue weighted by molar-refractivity contribution is -0.0808. The van der Waals surface area contributed by atoms with Crippen LogP contribution in [0.25, 0.3) is 0 Å². The third kappa shape index (κ3) is 1.29. The molecule has 0 aromatic carbocycles. The van der Waals surface area contributed by atoms with Gasteiger partial charge in [-0.05, 0) is 6.08 Å². The Morgan fingerprint density at radius 1 is 1.40 bits per heavy atom. The molecule has 0 aromatic heterocycles. The molecular weight excluding hydrogens is 136 g/mol. The number of rotatable bonds is 1. The lowest BCUT2D eigenvalue weighted by Gasteiger charge is -2.26. The van der Waals surface area contributed by atoms with Crippen LogP contribution in [0.15, 0.2) is 12.3 Å². The van der Waals surface area contributed by atoms with Gasteiger partial charge in [0.15, 0.2) is 0 Å². The minimum absolute atomic E-state index is 0.289. The van der Waals surface area contributed by atoms with E-state index in [0.717, 1.165) is 0 Å². The average Bonchev–Trinajstić information content (AvgIpc) is 1.95. The lowest BCUT2D eigenvalue weighted by Crippen LogP contribution is -2.42. The molecule has 0 radical (unpaired) electrons. The zero-order chi connectivity index (χ0) is 7.56. The molecule has 1 unspecified atom stereocenters. The molecule has 1 heterocycles. The van der Waals surface area contributed by atoms with Gasteiger partial charge >= 0.3 is 0 Å². The van der Waals surface area contributed by atoms with Crippen LogP contribution >= 0.6 is 0 Å². The van der Waals surface area contributed by atoms with Gasteiger partial charge in [-0.1, -0.05) is 0 Å². The van der Waals surface area contributed by atoms with Crippen LogP contribution in [0.4, 0.5) is 0 Å². The smallest absolute Gasteiger partial charge is 0.149 e. The molecule has 1 aliphatic heterocycles. The van der Waals surface area contributed by atoms with Gasteiger partial charge in [0.25, 0.3) is 0 Å². The maximum Gasteiger partial charge on any atom is 0.149 e. The predicted molar refractivity (Wildman–Crippen MR) is 33.1 cm³/mol. The quantitative estimate of drug-likeness (QED) is 0.426. The van der Waals surface area contributed by atoms with E-state index < -0.39 is 18.3 Å². The summed E-state index contributed by atoms with van der Waals surface area (Å²) in [6.07, 6.45) is -0.0318. The third-order valence-corrected chi connectivity index (χ3v) is 1.44. The largest absolute Gasteiger partial charge is 0.493 e. The highest BCUT2D eigenvalue weighted by Gasteiger charge is 2.27. The first-order valence-electron chi connectivity index (χ1n) is 3.05. The van der Waals surface area contributed by atoms with Crippen molar-refractivity contribution < 1.29 is 20.1 Å². The van der Waals surface area contributed by atoms with Gasteiger partial charge in [-0.2, -0.15) is 0 Å². The second-order valence-electron chi connectivity index (χ2n) is 2.17. The van der Waals surface area contributed by atoms with Gasteiger partial charge in [-0.25, -0.2) is 0 Å². The zero-order valence-corrected chi connectivity index (χ0v) is 5.34.